The van der Waals surface area contributed by atoms with Crippen molar-refractivity contribution >= 4 is 39.4 Å². The van der Waals surface area contributed by atoms with Crippen LogP contribution in [0.3, 0.4) is 0 Å². The average Bonchev–Trinajstić information content (AvgIpc) is 3.31. The second-order valence-electron chi connectivity index (χ2n) is 9.16. The Morgan fingerprint density at radius 3 is 2.65 bits per heavy atom. The Labute approximate surface area is 195 Å². The standard InChI is InChI=1S/C27H23N3O4/c1-14(2)29-11-17-23(18-13-34-22-10-5-4-7-16(22)26(18)32)25-20(12-30(15(3)31)27(25)33)28-19-8-6-9-21(29)24(17)19/h4-11,13-14,23,28H,12H2,1-3H3. The Balaban J connectivity index is 1.71. The number of nitrogens with zero attached hydrogens (tertiary/aromatic N) is 2. The molecule has 170 valence electrons. The fourth-order valence-electron chi connectivity index (χ4n) is 5.27. The van der Waals surface area contributed by atoms with Gasteiger partial charge < -0.3 is 14.3 Å². The molecule has 2 aliphatic rings. The van der Waals surface area contributed by atoms with E-state index in [0.717, 1.165) is 22.2 Å². The Hall–Kier alpha value is -4.13. The molecule has 4 heterocycles. The van der Waals surface area contributed by atoms with Gasteiger partial charge in [-0.15, -0.1) is 0 Å². The lowest BCUT2D eigenvalue weighted by Gasteiger charge is -2.19. The van der Waals surface area contributed by atoms with Crippen molar-refractivity contribution in [2.24, 2.45) is 0 Å². The summed E-state index contributed by atoms with van der Waals surface area (Å²) in [6.07, 6.45) is 3.50. The van der Waals surface area contributed by atoms with Crippen LogP contribution in [0.15, 0.2) is 75.4 Å². The second kappa shape index (κ2) is 7.18. The highest BCUT2D eigenvalue weighted by Crippen LogP contribution is 2.46. The van der Waals surface area contributed by atoms with Gasteiger partial charge in [-0.2, -0.15) is 0 Å². The third kappa shape index (κ3) is 2.73. The first-order chi connectivity index (χ1) is 16.4. The van der Waals surface area contributed by atoms with E-state index >= 15 is 0 Å². The lowest BCUT2D eigenvalue weighted by Crippen LogP contribution is -2.33. The van der Waals surface area contributed by atoms with Crippen LogP contribution in [0.5, 0.6) is 0 Å². The number of carbonyl (C=O) groups excluding carboxylic acids is 2. The number of aromatic nitrogens is 1. The van der Waals surface area contributed by atoms with Gasteiger partial charge in [-0.05, 0) is 43.7 Å². The summed E-state index contributed by atoms with van der Waals surface area (Å²) >= 11 is 0. The van der Waals surface area contributed by atoms with Gasteiger partial charge in [0.25, 0.3) is 5.91 Å². The van der Waals surface area contributed by atoms with Gasteiger partial charge in [-0.1, -0.05) is 18.2 Å². The molecule has 0 fully saturated rings. The molecule has 7 heteroatoms. The molecule has 2 amide bonds. The summed E-state index contributed by atoms with van der Waals surface area (Å²) in [6.45, 7) is 5.71. The van der Waals surface area contributed by atoms with E-state index in [2.05, 4.69) is 23.7 Å². The molecule has 1 N–H and O–H groups in total. The molecule has 0 saturated heterocycles. The minimum atomic E-state index is -0.675. The average molecular weight is 453 g/mol. The van der Waals surface area contributed by atoms with E-state index < -0.39 is 5.92 Å². The van der Waals surface area contributed by atoms with Gasteiger partial charge in [-0.3, -0.25) is 19.3 Å². The van der Waals surface area contributed by atoms with E-state index in [1.807, 2.05) is 30.5 Å². The number of amides is 2. The molecular formula is C27H23N3O4. The third-order valence-electron chi connectivity index (χ3n) is 6.84. The van der Waals surface area contributed by atoms with Crippen LogP contribution < -0.4 is 10.7 Å². The predicted octanol–water partition coefficient (Wildman–Crippen LogP) is 4.53. The highest BCUT2D eigenvalue weighted by molar-refractivity contribution is 6.11. The van der Waals surface area contributed by atoms with Crippen LogP contribution in [0.2, 0.25) is 0 Å². The monoisotopic (exact) mass is 453 g/mol. The zero-order chi connectivity index (χ0) is 23.7. The molecule has 0 radical (unpaired) electrons. The van der Waals surface area contributed by atoms with Crippen LogP contribution in [0, 0.1) is 0 Å². The zero-order valence-electron chi connectivity index (χ0n) is 19.1. The number of para-hydroxylation sites is 1. The molecule has 0 aliphatic carbocycles. The molecule has 0 spiro atoms. The van der Waals surface area contributed by atoms with E-state index in [4.69, 9.17) is 4.42 Å². The Morgan fingerprint density at radius 2 is 1.88 bits per heavy atom. The summed E-state index contributed by atoms with van der Waals surface area (Å²) in [5.41, 5.74) is 4.45. The molecule has 1 unspecified atom stereocenters. The van der Waals surface area contributed by atoms with Gasteiger partial charge in [-0.25, -0.2) is 0 Å². The molecule has 6 rings (SSSR count). The van der Waals surface area contributed by atoms with E-state index in [1.54, 1.807) is 18.2 Å². The minimum Gasteiger partial charge on any atom is -0.464 e. The third-order valence-corrected chi connectivity index (χ3v) is 6.84. The normalized spacial score (nSPS) is 17.5. The highest BCUT2D eigenvalue weighted by atomic mass is 16.3. The molecule has 0 saturated carbocycles. The molecular weight excluding hydrogens is 430 g/mol. The maximum absolute atomic E-state index is 13.7. The van der Waals surface area contributed by atoms with Crippen molar-refractivity contribution in [1.82, 2.24) is 9.47 Å². The number of imide groups is 1. The number of anilines is 1. The van der Waals surface area contributed by atoms with Crippen molar-refractivity contribution in [2.45, 2.75) is 32.7 Å². The summed E-state index contributed by atoms with van der Waals surface area (Å²) in [7, 11) is 0. The van der Waals surface area contributed by atoms with Gasteiger partial charge in [0.15, 0.2) is 5.43 Å². The van der Waals surface area contributed by atoms with Gasteiger partial charge in [0, 0.05) is 41.5 Å². The van der Waals surface area contributed by atoms with Crippen molar-refractivity contribution in [3.63, 3.8) is 0 Å². The molecule has 2 aliphatic heterocycles. The number of fused-ring (bicyclic) bond motifs is 1. The van der Waals surface area contributed by atoms with Gasteiger partial charge in [0.05, 0.1) is 35.2 Å². The molecule has 34 heavy (non-hydrogen) atoms. The van der Waals surface area contributed by atoms with Crippen LogP contribution in [0.4, 0.5) is 5.69 Å². The van der Waals surface area contributed by atoms with Crippen molar-refractivity contribution < 1.29 is 14.0 Å². The van der Waals surface area contributed by atoms with E-state index in [9.17, 15) is 14.4 Å². The first-order valence-corrected chi connectivity index (χ1v) is 11.3. The smallest absolute Gasteiger partial charge is 0.259 e. The van der Waals surface area contributed by atoms with E-state index in [-0.39, 0.29) is 29.8 Å². The predicted molar refractivity (Wildman–Crippen MR) is 130 cm³/mol. The molecule has 4 aromatic rings. The SMILES string of the molecule is CC(=O)N1CC2=C(C1=O)C(c1coc3ccccc3c1=O)c1cn(C(C)C)c3cccc(c13)N2. The van der Waals surface area contributed by atoms with Crippen molar-refractivity contribution in [1.29, 1.82) is 0 Å². The quantitative estimate of drug-likeness (QED) is 0.482. The lowest BCUT2D eigenvalue weighted by atomic mass is 9.84. The molecule has 7 nitrogen and oxygen atoms in total. The van der Waals surface area contributed by atoms with Gasteiger partial charge in [0.2, 0.25) is 5.91 Å². The maximum Gasteiger partial charge on any atom is 0.259 e. The minimum absolute atomic E-state index is 0.143. The van der Waals surface area contributed by atoms with Crippen LogP contribution in [-0.4, -0.2) is 27.8 Å². The van der Waals surface area contributed by atoms with Crippen LogP contribution >= 0.6 is 0 Å². The number of carbonyl (C=O) groups is 2. The van der Waals surface area contributed by atoms with E-state index in [0.29, 0.717) is 27.8 Å². The molecule has 2 aromatic carbocycles. The number of nitrogens with one attached hydrogen (secondary N) is 1. The maximum atomic E-state index is 13.7. The van der Waals surface area contributed by atoms with Gasteiger partial charge in [0.1, 0.15) is 5.58 Å². The summed E-state index contributed by atoms with van der Waals surface area (Å²) in [4.78, 5) is 40.8. The number of hydrogen-bond acceptors (Lipinski definition) is 5. The second-order valence-corrected chi connectivity index (χ2v) is 9.16. The first kappa shape index (κ1) is 20.5. The topological polar surface area (TPSA) is 84.6 Å². The number of hydrogen-bond donors (Lipinski definition) is 1. The van der Waals surface area contributed by atoms with Gasteiger partial charge >= 0.3 is 0 Å². The van der Waals surface area contributed by atoms with Crippen LogP contribution in [-0.2, 0) is 9.59 Å². The van der Waals surface area contributed by atoms with Crippen LogP contribution in [0.25, 0.3) is 21.9 Å². The van der Waals surface area contributed by atoms with Crippen molar-refractivity contribution in [2.75, 3.05) is 11.9 Å². The first-order valence-electron chi connectivity index (χ1n) is 11.3. The van der Waals surface area contributed by atoms with Crippen molar-refractivity contribution in [3.8, 4) is 0 Å². The van der Waals surface area contributed by atoms with E-state index in [1.165, 1.54) is 18.1 Å². The highest BCUT2D eigenvalue weighted by Gasteiger charge is 2.42. The largest absolute Gasteiger partial charge is 0.464 e. The molecule has 2 aromatic heterocycles. The Morgan fingerprint density at radius 1 is 1.09 bits per heavy atom. The fourth-order valence-corrected chi connectivity index (χ4v) is 5.27. The summed E-state index contributed by atoms with van der Waals surface area (Å²) in [5, 5.41) is 4.85. The fraction of sp³-hybridized carbons (Fsp3) is 0.222. The summed E-state index contributed by atoms with van der Waals surface area (Å²) < 4.78 is 8.02. The van der Waals surface area contributed by atoms with Crippen molar-refractivity contribution in [3.05, 3.63) is 87.5 Å². The summed E-state index contributed by atoms with van der Waals surface area (Å²) in [5.74, 6) is -1.39. The zero-order valence-corrected chi connectivity index (χ0v) is 19.1. The lowest BCUT2D eigenvalue weighted by molar-refractivity contribution is -0.139. The number of rotatable bonds is 2. The Bertz CT molecular complexity index is 1620. The van der Waals surface area contributed by atoms with Crippen LogP contribution in [0.1, 0.15) is 43.9 Å². The molecule has 0 bridgehead atoms. The number of benzene rings is 2. The Kier molecular flexibility index (Phi) is 4.33. The summed E-state index contributed by atoms with van der Waals surface area (Å²) in [6, 6.07) is 13.2. The molecule has 1 atom stereocenters.